The molecule has 116 valence electrons. The lowest BCUT2D eigenvalue weighted by Crippen LogP contribution is -2.20. The molecule has 1 aliphatic rings. The molecule has 0 radical (unpaired) electrons. The summed E-state index contributed by atoms with van der Waals surface area (Å²) < 4.78 is 6.87. The summed E-state index contributed by atoms with van der Waals surface area (Å²) in [6, 6.07) is 0. The van der Waals surface area contributed by atoms with Crippen molar-refractivity contribution < 1.29 is 24.3 Å². The molecule has 0 unspecified atom stereocenters. The van der Waals surface area contributed by atoms with Crippen molar-refractivity contribution in [2.24, 2.45) is 0 Å². The van der Waals surface area contributed by atoms with E-state index in [0.717, 1.165) is 37.3 Å². The predicted octanol–water partition coefficient (Wildman–Crippen LogP) is -0.139. The van der Waals surface area contributed by atoms with Crippen LogP contribution in [0.5, 0.6) is 0 Å². The molecule has 0 saturated carbocycles. The van der Waals surface area contributed by atoms with Crippen molar-refractivity contribution in [1.29, 1.82) is 0 Å². The highest BCUT2D eigenvalue weighted by Crippen LogP contribution is 2.09. The quantitative estimate of drug-likeness (QED) is 0.664. The summed E-state index contributed by atoms with van der Waals surface area (Å²) in [5, 5.41) is 18.9. The van der Waals surface area contributed by atoms with Gasteiger partial charge in [-0.1, -0.05) is 0 Å². The molecule has 21 heavy (non-hydrogen) atoms. The van der Waals surface area contributed by atoms with Gasteiger partial charge in [0.05, 0.1) is 12.1 Å². The van der Waals surface area contributed by atoms with Gasteiger partial charge >= 0.3 is 11.9 Å². The van der Waals surface area contributed by atoms with E-state index in [1.807, 2.05) is 6.92 Å². The van der Waals surface area contributed by atoms with Crippen molar-refractivity contribution in [2.45, 2.75) is 26.3 Å². The number of rotatable bonds is 3. The van der Waals surface area contributed by atoms with Crippen LogP contribution in [0, 0.1) is 0 Å². The third-order valence-corrected chi connectivity index (χ3v) is 2.78. The van der Waals surface area contributed by atoms with Gasteiger partial charge in [0.2, 0.25) is 0 Å². The molecule has 0 fully saturated rings. The lowest BCUT2D eigenvalue weighted by Gasteiger charge is -1.96. The molecule has 0 aliphatic carbocycles. The van der Waals surface area contributed by atoms with Crippen LogP contribution in [0.25, 0.3) is 0 Å². The van der Waals surface area contributed by atoms with E-state index in [-0.39, 0.29) is 5.56 Å². The summed E-state index contributed by atoms with van der Waals surface area (Å²) in [5.74, 6) is -1.64. The molecule has 0 aromatic carbocycles. The number of carboxylic acids is 2. The Hall–Kier alpha value is -2.35. The van der Waals surface area contributed by atoms with Gasteiger partial charge in [-0.3, -0.25) is 4.79 Å². The third kappa shape index (κ3) is 5.27. The van der Waals surface area contributed by atoms with Gasteiger partial charge in [-0.15, -0.1) is 0 Å². The van der Waals surface area contributed by atoms with Gasteiger partial charge in [-0.25, -0.2) is 9.59 Å². The van der Waals surface area contributed by atoms with Crippen molar-refractivity contribution in [3.63, 3.8) is 0 Å². The highest BCUT2D eigenvalue weighted by molar-refractivity contribution is 5.89. The van der Waals surface area contributed by atoms with Gasteiger partial charge in [0.1, 0.15) is 5.76 Å². The fourth-order valence-electron chi connectivity index (χ4n) is 1.83. The summed E-state index contributed by atoms with van der Waals surface area (Å²) in [6.07, 6.45) is 2.74. The number of aryl methyl sites for hydroxylation is 1. The predicted molar refractivity (Wildman–Crippen MR) is 73.3 cm³/mol. The molecule has 3 N–H and O–H groups in total. The molecule has 1 aromatic rings. The maximum atomic E-state index is 11.6. The summed E-state index contributed by atoms with van der Waals surface area (Å²) >= 11 is 0. The standard InChI is InChI=1S/C9H14N2O2.C4H4O4/c1-2-11-9(12)7-3-5-10-6-4-8(7)13-11;5-3(6)1-2-4(7)8/h10H,2-6H2,1H3;1-2H,(H,5,6)(H,7,8)/b;2-1+. The molecule has 0 atom stereocenters. The molecule has 0 amide bonds. The minimum absolute atomic E-state index is 0.0567. The van der Waals surface area contributed by atoms with Crippen molar-refractivity contribution in [1.82, 2.24) is 10.1 Å². The van der Waals surface area contributed by atoms with Crippen molar-refractivity contribution in [3.05, 3.63) is 33.8 Å². The SMILES string of the molecule is CCn1oc2c(c1=O)CCNCC2.O=C(O)/C=C/C(=O)O. The third-order valence-electron chi connectivity index (χ3n) is 2.78. The molecule has 1 aromatic heterocycles. The molecule has 0 saturated heterocycles. The second-order valence-corrected chi connectivity index (χ2v) is 4.25. The first-order valence-electron chi connectivity index (χ1n) is 6.52. The normalized spacial score (nSPS) is 14.0. The highest BCUT2D eigenvalue weighted by Gasteiger charge is 2.17. The summed E-state index contributed by atoms with van der Waals surface area (Å²) in [7, 11) is 0. The highest BCUT2D eigenvalue weighted by atomic mass is 16.5. The number of nitrogens with one attached hydrogen (secondary N) is 1. The molecule has 0 spiro atoms. The van der Waals surface area contributed by atoms with Crippen molar-refractivity contribution >= 4 is 11.9 Å². The average Bonchev–Trinajstić information content (AvgIpc) is 2.62. The van der Waals surface area contributed by atoms with Gasteiger partial charge < -0.3 is 20.1 Å². The van der Waals surface area contributed by atoms with E-state index in [4.69, 9.17) is 14.7 Å². The van der Waals surface area contributed by atoms with Gasteiger partial charge in [0, 0.05) is 25.1 Å². The van der Waals surface area contributed by atoms with Crippen LogP contribution in [-0.2, 0) is 29.0 Å². The summed E-state index contributed by atoms with van der Waals surface area (Å²) in [4.78, 5) is 30.7. The minimum atomic E-state index is -1.26. The van der Waals surface area contributed by atoms with E-state index in [0.29, 0.717) is 18.7 Å². The number of hydrogen-bond donors (Lipinski definition) is 3. The van der Waals surface area contributed by atoms with Crippen LogP contribution in [0.3, 0.4) is 0 Å². The number of nitrogens with zero attached hydrogens (tertiary/aromatic N) is 1. The molecular weight excluding hydrogens is 280 g/mol. The fourth-order valence-corrected chi connectivity index (χ4v) is 1.83. The Balaban J connectivity index is 0.000000240. The Morgan fingerprint density at radius 2 is 1.81 bits per heavy atom. The average molecular weight is 298 g/mol. The number of hydrogen-bond acceptors (Lipinski definition) is 5. The maximum absolute atomic E-state index is 11.6. The molecule has 2 rings (SSSR count). The zero-order valence-corrected chi connectivity index (χ0v) is 11.7. The first-order chi connectivity index (χ1) is 9.95. The van der Waals surface area contributed by atoms with Crippen LogP contribution in [0.4, 0.5) is 0 Å². The fraction of sp³-hybridized carbons (Fsp3) is 0.462. The van der Waals surface area contributed by atoms with Crippen LogP contribution in [0.15, 0.2) is 21.5 Å². The van der Waals surface area contributed by atoms with Crippen LogP contribution in [-0.4, -0.2) is 40.0 Å². The number of fused-ring (bicyclic) bond motifs is 1. The molecule has 8 heteroatoms. The van der Waals surface area contributed by atoms with E-state index in [9.17, 15) is 14.4 Å². The maximum Gasteiger partial charge on any atom is 0.328 e. The number of carbonyl (C=O) groups is 2. The van der Waals surface area contributed by atoms with Crippen molar-refractivity contribution in [3.8, 4) is 0 Å². The number of carboxylic acid groups (broad SMARTS) is 2. The zero-order valence-electron chi connectivity index (χ0n) is 11.7. The molecule has 0 bridgehead atoms. The largest absolute Gasteiger partial charge is 0.478 e. The van der Waals surface area contributed by atoms with Crippen LogP contribution < -0.4 is 10.9 Å². The minimum Gasteiger partial charge on any atom is -0.478 e. The Morgan fingerprint density at radius 1 is 1.24 bits per heavy atom. The Kier molecular flexibility index (Phi) is 6.41. The van der Waals surface area contributed by atoms with Crippen molar-refractivity contribution in [2.75, 3.05) is 13.1 Å². The smallest absolute Gasteiger partial charge is 0.328 e. The summed E-state index contributed by atoms with van der Waals surface area (Å²) in [6.45, 7) is 4.33. The van der Waals surface area contributed by atoms with Gasteiger partial charge in [-0.05, 0) is 19.9 Å². The van der Waals surface area contributed by atoms with Gasteiger partial charge in [0.15, 0.2) is 0 Å². The monoisotopic (exact) mass is 298 g/mol. The van der Waals surface area contributed by atoms with Crippen LogP contribution >= 0.6 is 0 Å². The molecular formula is C13H18N2O6. The molecule has 2 heterocycles. The van der Waals surface area contributed by atoms with E-state index < -0.39 is 11.9 Å². The molecule has 1 aliphatic heterocycles. The van der Waals surface area contributed by atoms with E-state index in [1.165, 1.54) is 4.74 Å². The zero-order chi connectivity index (χ0) is 15.8. The molecule has 8 nitrogen and oxygen atoms in total. The second kappa shape index (κ2) is 8.05. The first kappa shape index (κ1) is 16.7. The van der Waals surface area contributed by atoms with Crippen LogP contribution in [0.2, 0.25) is 0 Å². The topological polar surface area (TPSA) is 122 Å². The lowest BCUT2D eigenvalue weighted by atomic mass is 10.2. The van der Waals surface area contributed by atoms with Gasteiger partial charge in [0.25, 0.3) is 5.56 Å². The van der Waals surface area contributed by atoms with Crippen LogP contribution in [0.1, 0.15) is 18.2 Å². The number of aliphatic carboxylic acids is 2. The first-order valence-corrected chi connectivity index (χ1v) is 6.52. The number of aromatic nitrogens is 1. The van der Waals surface area contributed by atoms with E-state index in [2.05, 4.69) is 5.32 Å². The summed E-state index contributed by atoms with van der Waals surface area (Å²) in [5.41, 5.74) is 0.924. The Labute approximate surface area is 120 Å². The second-order valence-electron chi connectivity index (χ2n) is 4.25. The Morgan fingerprint density at radius 3 is 2.33 bits per heavy atom. The van der Waals surface area contributed by atoms with E-state index in [1.54, 1.807) is 0 Å². The lowest BCUT2D eigenvalue weighted by molar-refractivity contribution is -0.134. The van der Waals surface area contributed by atoms with Gasteiger partial charge in [-0.2, -0.15) is 4.74 Å². The Bertz CT molecular complexity index is 568. The van der Waals surface area contributed by atoms with E-state index >= 15 is 0 Å².